The first-order valence-corrected chi connectivity index (χ1v) is 6.39. The van der Waals surface area contributed by atoms with Gasteiger partial charge < -0.3 is 14.7 Å². The maximum absolute atomic E-state index is 10.9. The van der Waals surface area contributed by atoms with Gasteiger partial charge in [-0.2, -0.15) is 0 Å². The van der Waals surface area contributed by atoms with Crippen LogP contribution in [-0.2, 0) is 4.79 Å². The molecule has 0 radical (unpaired) electrons. The highest BCUT2D eigenvalue weighted by Crippen LogP contribution is 2.39. The average Bonchev–Trinajstić information content (AvgIpc) is 2.32. The summed E-state index contributed by atoms with van der Waals surface area (Å²) in [7, 11) is 1.63. The number of carboxylic acids is 1. The van der Waals surface area contributed by atoms with Gasteiger partial charge in [-0.15, -0.1) is 11.8 Å². The minimum Gasteiger partial charge on any atom is -0.497 e. The molecule has 0 aliphatic carbocycles. The Kier molecular flexibility index (Phi) is 3.47. The summed E-state index contributed by atoms with van der Waals surface area (Å²) in [6.45, 7) is 2.09. The van der Waals surface area contributed by atoms with Gasteiger partial charge in [-0.05, 0) is 25.1 Å². The zero-order chi connectivity index (χ0) is 12.4. The Bertz CT molecular complexity index is 436. The predicted molar refractivity (Wildman–Crippen MR) is 68.2 cm³/mol. The summed E-state index contributed by atoms with van der Waals surface area (Å²) < 4.78 is 5.18. The monoisotopic (exact) mass is 253 g/mol. The fourth-order valence-corrected chi connectivity index (χ4v) is 3.03. The smallest absolute Gasteiger partial charge is 0.323 e. The number of carboxylic acid groups (broad SMARTS) is 1. The highest BCUT2D eigenvalue weighted by atomic mass is 32.2. The number of ether oxygens (including phenoxy) is 1. The molecule has 92 valence electrons. The molecule has 0 bridgehead atoms. The zero-order valence-corrected chi connectivity index (χ0v) is 10.7. The fourth-order valence-electron chi connectivity index (χ4n) is 1.90. The lowest BCUT2D eigenvalue weighted by molar-refractivity contribution is -0.135. The van der Waals surface area contributed by atoms with Crippen molar-refractivity contribution in [1.29, 1.82) is 0 Å². The van der Waals surface area contributed by atoms with Crippen molar-refractivity contribution in [2.45, 2.75) is 17.9 Å². The third-order valence-electron chi connectivity index (χ3n) is 2.79. The van der Waals surface area contributed by atoms with E-state index >= 15 is 0 Å². The molecule has 0 saturated carbocycles. The number of hydrogen-bond acceptors (Lipinski definition) is 4. The summed E-state index contributed by atoms with van der Waals surface area (Å²) in [5, 5.41) is 8.94. The van der Waals surface area contributed by atoms with Crippen molar-refractivity contribution in [2.24, 2.45) is 0 Å². The molecule has 0 fully saturated rings. The van der Waals surface area contributed by atoms with Crippen molar-refractivity contribution in [1.82, 2.24) is 0 Å². The van der Waals surface area contributed by atoms with E-state index in [0.717, 1.165) is 22.1 Å². The van der Waals surface area contributed by atoms with E-state index in [1.54, 1.807) is 18.9 Å². The molecule has 17 heavy (non-hydrogen) atoms. The molecular formula is C12H15NO3S. The van der Waals surface area contributed by atoms with Crippen molar-refractivity contribution in [3.8, 4) is 5.75 Å². The van der Waals surface area contributed by atoms with Gasteiger partial charge in [-0.25, -0.2) is 0 Å². The maximum atomic E-state index is 10.9. The molecule has 0 saturated heterocycles. The summed E-state index contributed by atoms with van der Waals surface area (Å²) in [6.07, 6.45) is 0. The Balaban J connectivity index is 2.34. The molecule has 2 rings (SSSR count). The minimum atomic E-state index is -0.800. The van der Waals surface area contributed by atoms with Crippen LogP contribution in [0.5, 0.6) is 5.75 Å². The van der Waals surface area contributed by atoms with Crippen molar-refractivity contribution in [3.05, 3.63) is 18.2 Å². The van der Waals surface area contributed by atoms with Crippen LogP contribution in [0.25, 0.3) is 0 Å². The summed E-state index contributed by atoms with van der Waals surface area (Å²) in [6, 6.07) is 5.99. The molecule has 0 spiro atoms. The molecule has 1 heterocycles. The number of carbonyl (C=O) groups is 1. The van der Waals surface area contributed by atoms with E-state index in [0.29, 0.717) is 0 Å². The van der Waals surface area contributed by atoms with E-state index in [9.17, 15) is 4.79 Å². The Labute approximate surface area is 105 Å². The highest BCUT2D eigenvalue weighted by molar-refractivity contribution is 7.99. The number of rotatable bonds is 3. The molecule has 1 aromatic rings. The van der Waals surface area contributed by atoms with Crippen molar-refractivity contribution < 1.29 is 14.6 Å². The van der Waals surface area contributed by atoms with Crippen LogP contribution in [0.2, 0.25) is 0 Å². The van der Waals surface area contributed by atoms with Crippen LogP contribution in [-0.4, -0.2) is 36.5 Å². The van der Waals surface area contributed by atoms with Crippen LogP contribution >= 0.6 is 11.8 Å². The number of methoxy groups -OCH3 is 1. The summed E-state index contributed by atoms with van der Waals surface area (Å²) in [4.78, 5) is 13.9. The van der Waals surface area contributed by atoms with E-state index in [1.807, 2.05) is 30.0 Å². The molecule has 1 aliphatic heterocycles. The Morgan fingerprint density at radius 1 is 1.65 bits per heavy atom. The molecule has 1 atom stereocenters. The Hall–Kier alpha value is -1.36. The first-order chi connectivity index (χ1) is 8.11. The second-order valence-corrected chi connectivity index (χ2v) is 5.08. The number of hydrogen-bond donors (Lipinski definition) is 1. The second-order valence-electron chi connectivity index (χ2n) is 4.02. The van der Waals surface area contributed by atoms with E-state index in [-0.39, 0.29) is 12.6 Å². The van der Waals surface area contributed by atoms with Crippen LogP contribution in [0.4, 0.5) is 5.69 Å². The lowest BCUT2D eigenvalue weighted by Crippen LogP contribution is -2.41. The number of thioether (sulfide) groups is 1. The van der Waals surface area contributed by atoms with Crippen LogP contribution in [0.15, 0.2) is 23.1 Å². The molecule has 1 N–H and O–H groups in total. The normalized spacial score (nSPS) is 18.7. The summed E-state index contributed by atoms with van der Waals surface area (Å²) in [5.41, 5.74) is 0.983. The topological polar surface area (TPSA) is 49.8 Å². The first-order valence-electron chi connectivity index (χ1n) is 5.41. The molecule has 0 aromatic heterocycles. The zero-order valence-electron chi connectivity index (χ0n) is 9.84. The van der Waals surface area contributed by atoms with Crippen LogP contribution < -0.4 is 9.64 Å². The fraction of sp³-hybridized carbons (Fsp3) is 0.417. The van der Waals surface area contributed by atoms with Crippen LogP contribution in [0, 0.1) is 0 Å². The lowest BCUT2D eigenvalue weighted by atomic mass is 10.2. The quantitative estimate of drug-likeness (QED) is 0.893. The second kappa shape index (κ2) is 4.87. The lowest BCUT2D eigenvalue weighted by Gasteiger charge is -2.35. The van der Waals surface area contributed by atoms with Gasteiger partial charge in [0.05, 0.1) is 12.8 Å². The highest BCUT2D eigenvalue weighted by Gasteiger charge is 2.25. The number of nitrogens with zero attached hydrogens (tertiary/aromatic N) is 1. The number of anilines is 1. The predicted octanol–water partition coefficient (Wildman–Crippen LogP) is 2.08. The average molecular weight is 253 g/mol. The molecule has 4 nitrogen and oxygen atoms in total. The molecule has 1 unspecified atom stereocenters. The van der Waals surface area contributed by atoms with Gasteiger partial charge in [-0.3, -0.25) is 4.79 Å². The first kappa shape index (κ1) is 12.1. The minimum absolute atomic E-state index is 0.0427. The molecule has 1 aliphatic rings. The molecular weight excluding hydrogens is 238 g/mol. The van der Waals surface area contributed by atoms with Gasteiger partial charge in [0.2, 0.25) is 0 Å². The third-order valence-corrected chi connectivity index (χ3v) is 4.08. The van der Waals surface area contributed by atoms with E-state index in [4.69, 9.17) is 9.84 Å². The van der Waals surface area contributed by atoms with Gasteiger partial charge in [-0.1, -0.05) is 0 Å². The maximum Gasteiger partial charge on any atom is 0.323 e. The Morgan fingerprint density at radius 2 is 2.41 bits per heavy atom. The molecule has 1 aromatic carbocycles. The van der Waals surface area contributed by atoms with E-state index < -0.39 is 5.97 Å². The Morgan fingerprint density at radius 3 is 3.06 bits per heavy atom. The van der Waals surface area contributed by atoms with Crippen molar-refractivity contribution in [2.75, 3.05) is 24.3 Å². The van der Waals surface area contributed by atoms with Gasteiger partial charge >= 0.3 is 5.97 Å². The summed E-state index contributed by atoms with van der Waals surface area (Å²) in [5.74, 6) is 0.902. The van der Waals surface area contributed by atoms with E-state index in [2.05, 4.69) is 0 Å². The van der Waals surface area contributed by atoms with Crippen LogP contribution in [0.3, 0.4) is 0 Å². The molecule has 0 amide bonds. The van der Waals surface area contributed by atoms with Crippen LogP contribution in [0.1, 0.15) is 6.92 Å². The number of benzene rings is 1. The van der Waals surface area contributed by atoms with Gasteiger partial charge in [0, 0.05) is 16.7 Å². The standard InChI is InChI=1S/C12H15NO3S/c1-8-7-17-11-5-9(16-2)3-4-10(11)13(8)6-12(14)15/h3-5,8H,6-7H2,1-2H3,(H,14,15). The van der Waals surface area contributed by atoms with Gasteiger partial charge in [0.1, 0.15) is 12.3 Å². The van der Waals surface area contributed by atoms with Crippen molar-refractivity contribution in [3.63, 3.8) is 0 Å². The van der Waals surface area contributed by atoms with Crippen molar-refractivity contribution >= 4 is 23.4 Å². The largest absolute Gasteiger partial charge is 0.497 e. The van der Waals surface area contributed by atoms with Gasteiger partial charge in [0.15, 0.2) is 0 Å². The summed E-state index contributed by atoms with van der Waals surface area (Å²) >= 11 is 1.74. The molecule has 5 heteroatoms. The SMILES string of the molecule is COc1ccc2c(c1)SCC(C)N2CC(=O)O. The third kappa shape index (κ3) is 2.49. The van der Waals surface area contributed by atoms with E-state index in [1.165, 1.54) is 0 Å². The number of fused-ring (bicyclic) bond motifs is 1. The number of aliphatic carboxylic acids is 1. The van der Waals surface area contributed by atoms with Gasteiger partial charge in [0.25, 0.3) is 0 Å².